The van der Waals surface area contributed by atoms with Crippen molar-refractivity contribution in [2.24, 2.45) is 0 Å². The highest BCUT2D eigenvalue weighted by Crippen LogP contribution is 2.27. The fourth-order valence-electron chi connectivity index (χ4n) is 3.62. The number of hydrogen-bond acceptors (Lipinski definition) is 5. The highest BCUT2D eigenvalue weighted by atomic mass is 16.5. The van der Waals surface area contributed by atoms with Crippen LogP contribution in [0.3, 0.4) is 0 Å². The van der Waals surface area contributed by atoms with Gasteiger partial charge in [0.25, 0.3) is 11.8 Å². The number of hydrogen-bond donors (Lipinski definition) is 0. The molecule has 7 heteroatoms. The fourth-order valence-corrected chi connectivity index (χ4v) is 3.62. The molecule has 0 bridgehead atoms. The largest absolute Gasteiger partial charge is 0.497 e. The summed E-state index contributed by atoms with van der Waals surface area (Å²) in [7, 11) is 1.60. The van der Waals surface area contributed by atoms with Crippen molar-refractivity contribution < 1.29 is 19.1 Å². The van der Waals surface area contributed by atoms with Crippen LogP contribution >= 0.6 is 0 Å². The van der Waals surface area contributed by atoms with E-state index in [1.807, 2.05) is 24.3 Å². The molecule has 2 aromatic rings. The van der Waals surface area contributed by atoms with Gasteiger partial charge in [0.1, 0.15) is 11.4 Å². The van der Waals surface area contributed by atoms with E-state index in [0.717, 1.165) is 11.3 Å². The lowest BCUT2D eigenvalue weighted by Crippen LogP contribution is -2.42. The number of ether oxygens (including phenoxy) is 1. The van der Waals surface area contributed by atoms with Gasteiger partial charge >= 0.3 is 0 Å². The number of imide groups is 1. The van der Waals surface area contributed by atoms with Gasteiger partial charge in [-0.15, -0.1) is 0 Å². The molecule has 0 aliphatic carbocycles. The van der Waals surface area contributed by atoms with E-state index in [9.17, 15) is 14.4 Å². The molecule has 1 fully saturated rings. The van der Waals surface area contributed by atoms with E-state index in [0.29, 0.717) is 25.1 Å². The Labute approximate surface area is 156 Å². The molecular formula is C20H19N3O4. The number of carbonyl (C=O) groups excluding carboxylic acids is 3. The Bertz CT molecular complexity index is 875. The Morgan fingerprint density at radius 1 is 1.19 bits per heavy atom. The summed E-state index contributed by atoms with van der Waals surface area (Å²) in [6, 6.07) is 10.3. The summed E-state index contributed by atoms with van der Waals surface area (Å²) in [4.78, 5) is 44.7. The first-order chi connectivity index (χ1) is 13.1. The molecule has 0 radical (unpaired) electrons. The van der Waals surface area contributed by atoms with Crippen molar-refractivity contribution in [2.75, 3.05) is 20.2 Å². The number of fused-ring (bicyclic) bond motifs is 1. The number of pyridine rings is 1. The Morgan fingerprint density at radius 3 is 2.67 bits per heavy atom. The quantitative estimate of drug-likeness (QED) is 0.768. The lowest BCUT2D eigenvalue weighted by atomic mass is 10.1. The highest BCUT2D eigenvalue weighted by molar-refractivity contribution is 6.20. The van der Waals surface area contributed by atoms with Crippen LogP contribution in [0.25, 0.3) is 0 Å². The van der Waals surface area contributed by atoms with Gasteiger partial charge in [-0.05, 0) is 36.2 Å². The Hall–Kier alpha value is -3.22. The minimum Gasteiger partial charge on any atom is -0.497 e. The van der Waals surface area contributed by atoms with E-state index >= 15 is 0 Å². The summed E-state index contributed by atoms with van der Waals surface area (Å²) in [6.07, 6.45) is 2.37. The van der Waals surface area contributed by atoms with Gasteiger partial charge in [0.2, 0.25) is 5.91 Å². The molecule has 1 unspecified atom stereocenters. The molecule has 2 aliphatic rings. The Kier molecular flexibility index (Phi) is 4.35. The van der Waals surface area contributed by atoms with Crippen LogP contribution < -0.4 is 4.74 Å². The van der Waals surface area contributed by atoms with Gasteiger partial charge < -0.3 is 9.64 Å². The summed E-state index contributed by atoms with van der Waals surface area (Å²) in [6.45, 7) is 0.890. The monoisotopic (exact) mass is 365 g/mol. The zero-order chi connectivity index (χ0) is 19.0. The second-order valence-electron chi connectivity index (χ2n) is 6.69. The minimum absolute atomic E-state index is 0.0163. The first-order valence-electron chi connectivity index (χ1n) is 8.82. The van der Waals surface area contributed by atoms with Crippen LogP contribution in [-0.2, 0) is 11.2 Å². The van der Waals surface area contributed by atoms with Crippen LogP contribution in [0, 0.1) is 0 Å². The summed E-state index contributed by atoms with van der Waals surface area (Å²) < 4.78 is 5.12. The molecule has 0 saturated carbocycles. The molecular weight excluding hydrogens is 346 g/mol. The van der Waals surface area contributed by atoms with E-state index in [4.69, 9.17) is 4.74 Å². The molecule has 1 saturated heterocycles. The van der Waals surface area contributed by atoms with Crippen molar-refractivity contribution in [1.29, 1.82) is 0 Å². The third-order valence-electron chi connectivity index (χ3n) is 5.07. The van der Waals surface area contributed by atoms with Crippen LogP contribution in [0.4, 0.5) is 0 Å². The topological polar surface area (TPSA) is 79.8 Å². The van der Waals surface area contributed by atoms with Gasteiger partial charge in [-0.3, -0.25) is 24.3 Å². The van der Waals surface area contributed by atoms with E-state index in [1.165, 1.54) is 11.1 Å². The molecule has 1 aromatic carbocycles. The Morgan fingerprint density at radius 2 is 1.96 bits per heavy atom. The first-order valence-corrected chi connectivity index (χ1v) is 8.82. The molecule has 1 aromatic heterocycles. The molecule has 3 amide bonds. The van der Waals surface area contributed by atoms with Gasteiger partial charge in [-0.1, -0.05) is 12.1 Å². The molecule has 138 valence electrons. The van der Waals surface area contributed by atoms with E-state index in [1.54, 1.807) is 24.1 Å². The lowest BCUT2D eigenvalue weighted by molar-refractivity contribution is -0.129. The van der Waals surface area contributed by atoms with Crippen LogP contribution in [-0.4, -0.2) is 58.7 Å². The zero-order valence-corrected chi connectivity index (χ0v) is 14.9. The smallest absolute Gasteiger partial charge is 0.280 e. The second kappa shape index (κ2) is 6.83. The summed E-state index contributed by atoms with van der Waals surface area (Å²) in [5.74, 6) is 0.0340. The van der Waals surface area contributed by atoms with Gasteiger partial charge in [0.15, 0.2) is 0 Å². The average molecular weight is 365 g/mol. The molecule has 0 N–H and O–H groups in total. The SMILES string of the molecule is COc1ccc(CC(=O)N2CCC(N3C(=O)c4cccnc4C3=O)C2)cc1. The highest BCUT2D eigenvalue weighted by Gasteiger charge is 2.43. The summed E-state index contributed by atoms with van der Waals surface area (Å²) in [5, 5.41) is 0. The second-order valence-corrected chi connectivity index (χ2v) is 6.69. The standard InChI is InChI=1S/C20H19N3O4/c1-27-15-6-4-13(5-7-15)11-17(24)22-10-8-14(12-22)23-19(25)16-3-2-9-21-18(16)20(23)26/h2-7,9,14H,8,10-12H2,1H3. The van der Waals surface area contributed by atoms with E-state index in [2.05, 4.69) is 4.98 Å². The van der Waals surface area contributed by atoms with Gasteiger partial charge in [-0.25, -0.2) is 0 Å². The first kappa shape index (κ1) is 17.2. The fraction of sp³-hybridized carbons (Fsp3) is 0.300. The molecule has 2 aliphatic heterocycles. The van der Waals surface area contributed by atoms with Crippen molar-refractivity contribution in [3.8, 4) is 5.75 Å². The zero-order valence-electron chi connectivity index (χ0n) is 14.9. The maximum absolute atomic E-state index is 12.6. The van der Waals surface area contributed by atoms with Gasteiger partial charge in [0.05, 0.1) is 25.1 Å². The third kappa shape index (κ3) is 3.05. The molecule has 0 spiro atoms. The number of benzene rings is 1. The molecule has 1 atom stereocenters. The number of carbonyl (C=O) groups is 3. The van der Waals surface area contributed by atoms with Gasteiger partial charge in [0, 0.05) is 19.3 Å². The van der Waals surface area contributed by atoms with E-state index in [-0.39, 0.29) is 35.9 Å². The number of amides is 3. The third-order valence-corrected chi connectivity index (χ3v) is 5.07. The number of rotatable bonds is 4. The van der Waals surface area contributed by atoms with Crippen LogP contribution in [0.2, 0.25) is 0 Å². The number of methoxy groups -OCH3 is 1. The number of aromatic nitrogens is 1. The maximum Gasteiger partial charge on any atom is 0.280 e. The predicted octanol–water partition coefficient (Wildman–Crippen LogP) is 1.53. The summed E-state index contributed by atoms with van der Waals surface area (Å²) in [5.41, 5.74) is 1.44. The van der Waals surface area contributed by atoms with Crippen molar-refractivity contribution in [3.05, 3.63) is 59.4 Å². The van der Waals surface area contributed by atoms with Crippen molar-refractivity contribution >= 4 is 17.7 Å². The lowest BCUT2D eigenvalue weighted by Gasteiger charge is -2.22. The molecule has 4 rings (SSSR count). The van der Waals surface area contributed by atoms with Crippen molar-refractivity contribution in [1.82, 2.24) is 14.8 Å². The molecule has 7 nitrogen and oxygen atoms in total. The number of likely N-dealkylation sites (tertiary alicyclic amines) is 1. The number of nitrogens with zero attached hydrogens (tertiary/aromatic N) is 3. The molecule has 27 heavy (non-hydrogen) atoms. The van der Waals surface area contributed by atoms with Crippen LogP contribution in [0.5, 0.6) is 5.75 Å². The molecule has 3 heterocycles. The van der Waals surface area contributed by atoms with Crippen molar-refractivity contribution in [2.45, 2.75) is 18.9 Å². The van der Waals surface area contributed by atoms with E-state index < -0.39 is 0 Å². The normalized spacial score (nSPS) is 18.8. The van der Waals surface area contributed by atoms with Crippen LogP contribution in [0.1, 0.15) is 32.8 Å². The predicted molar refractivity (Wildman–Crippen MR) is 96.4 cm³/mol. The average Bonchev–Trinajstić information content (AvgIpc) is 3.26. The van der Waals surface area contributed by atoms with Gasteiger partial charge in [-0.2, -0.15) is 0 Å². The van der Waals surface area contributed by atoms with Crippen molar-refractivity contribution in [3.63, 3.8) is 0 Å². The maximum atomic E-state index is 12.6. The Balaban J connectivity index is 1.42. The minimum atomic E-state index is -0.370. The van der Waals surface area contributed by atoms with Crippen LogP contribution in [0.15, 0.2) is 42.6 Å². The summed E-state index contributed by atoms with van der Waals surface area (Å²) >= 11 is 0.